The van der Waals surface area contributed by atoms with E-state index < -0.39 is 0 Å². The number of halogens is 1. The molecule has 1 saturated carbocycles. The zero-order valence-electron chi connectivity index (χ0n) is 9.25. The Hall–Kier alpha value is -1.30. The number of H-pyrrole nitrogens is 1. The third kappa shape index (κ3) is 3.09. The Morgan fingerprint density at radius 2 is 2.00 bits per heavy atom. The second-order valence-electron chi connectivity index (χ2n) is 4.16. The predicted octanol–water partition coefficient (Wildman–Crippen LogP) is 1.73. The van der Waals surface area contributed by atoms with Gasteiger partial charge in [0.05, 0.1) is 0 Å². The highest BCUT2D eigenvalue weighted by Crippen LogP contribution is 2.24. The van der Waals surface area contributed by atoms with E-state index in [9.17, 15) is 9.59 Å². The van der Waals surface area contributed by atoms with Crippen molar-refractivity contribution in [3.8, 4) is 0 Å². The van der Waals surface area contributed by atoms with Gasteiger partial charge in [-0.3, -0.25) is 20.4 Å². The molecule has 0 aromatic carbocycles. The molecule has 0 bridgehead atoms. The average Bonchev–Trinajstić information content (AvgIpc) is 2.95. The highest BCUT2D eigenvalue weighted by Gasteiger charge is 2.22. The largest absolute Gasteiger partial charge is 0.356 e. The third-order valence-electron chi connectivity index (χ3n) is 2.92. The number of rotatable bonds is 2. The van der Waals surface area contributed by atoms with Crippen LogP contribution in [0.4, 0.5) is 0 Å². The lowest BCUT2D eigenvalue weighted by Crippen LogP contribution is -2.44. The van der Waals surface area contributed by atoms with Gasteiger partial charge < -0.3 is 4.98 Å². The molecule has 1 aliphatic carbocycles. The van der Waals surface area contributed by atoms with Crippen LogP contribution in [0.15, 0.2) is 16.7 Å². The number of hydrogen-bond acceptors (Lipinski definition) is 2. The van der Waals surface area contributed by atoms with Gasteiger partial charge >= 0.3 is 0 Å². The topological polar surface area (TPSA) is 74.0 Å². The van der Waals surface area contributed by atoms with E-state index in [4.69, 9.17) is 0 Å². The highest BCUT2D eigenvalue weighted by atomic mass is 79.9. The van der Waals surface area contributed by atoms with E-state index in [2.05, 4.69) is 31.8 Å². The molecule has 2 amide bonds. The van der Waals surface area contributed by atoms with Gasteiger partial charge in [0.2, 0.25) is 5.91 Å². The molecular weight excluding hydrogens is 286 g/mol. The van der Waals surface area contributed by atoms with Gasteiger partial charge in [0, 0.05) is 16.6 Å². The Labute approximate surface area is 107 Å². The fourth-order valence-corrected chi connectivity index (χ4v) is 2.32. The Morgan fingerprint density at radius 3 is 2.59 bits per heavy atom. The molecule has 0 spiro atoms. The van der Waals surface area contributed by atoms with E-state index in [0.717, 1.165) is 30.2 Å². The van der Waals surface area contributed by atoms with E-state index in [1.807, 2.05) is 0 Å². The van der Waals surface area contributed by atoms with Crippen LogP contribution in [0.1, 0.15) is 36.2 Å². The monoisotopic (exact) mass is 299 g/mol. The van der Waals surface area contributed by atoms with Crippen molar-refractivity contribution >= 4 is 27.7 Å². The summed E-state index contributed by atoms with van der Waals surface area (Å²) < 4.78 is 0.796. The fraction of sp³-hybridized carbons (Fsp3) is 0.455. The number of amides is 2. The van der Waals surface area contributed by atoms with Gasteiger partial charge in [-0.25, -0.2) is 0 Å². The van der Waals surface area contributed by atoms with Gasteiger partial charge in [0.1, 0.15) is 5.69 Å². The maximum Gasteiger partial charge on any atom is 0.286 e. The second kappa shape index (κ2) is 5.35. The summed E-state index contributed by atoms with van der Waals surface area (Å²) in [5, 5.41) is 0. The number of nitrogens with one attached hydrogen (secondary N) is 3. The quantitative estimate of drug-likeness (QED) is 0.728. The molecule has 1 heterocycles. The minimum Gasteiger partial charge on any atom is -0.356 e. The molecule has 92 valence electrons. The summed E-state index contributed by atoms with van der Waals surface area (Å²) in [5.41, 5.74) is 5.26. The minimum absolute atomic E-state index is 0.0469. The highest BCUT2D eigenvalue weighted by molar-refractivity contribution is 9.10. The summed E-state index contributed by atoms with van der Waals surface area (Å²) in [7, 11) is 0. The third-order valence-corrected chi connectivity index (χ3v) is 3.38. The summed E-state index contributed by atoms with van der Waals surface area (Å²) >= 11 is 3.24. The first-order valence-electron chi connectivity index (χ1n) is 5.61. The normalized spacial score (nSPS) is 15.8. The van der Waals surface area contributed by atoms with Gasteiger partial charge in [0.25, 0.3) is 5.91 Å². The molecule has 0 radical (unpaired) electrons. The summed E-state index contributed by atoms with van der Waals surface area (Å²) in [4.78, 5) is 26.0. The first-order valence-corrected chi connectivity index (χ1v) is 6.40. The average molecular weight is 300 g/mol. The van der Waals surface area contributed by atoms with Crippen LogP contribution >= 0.6 is 15.9 Å². The number of carbonyl (C=O) groups excluding carboxylic acids is 2. The lowest BCUT2D eigenvalue weighted by atomic mass is 10.1. The molecule has 1 aromatic heterocycles. The van der Waals surface area contributed by atoms with E-state index in [1.165, 1.54) is 0 Å². The molecule has 3 N–H and O–H groups in total. The van der Waals surface area contributed by atoms with Crippen molar-refractivity contribution in [2.75, 3.05) is 0 Å². The van der Waals surface area contributed by atoms with Crippen LogP contribution in [0.2, 0.25) is 0 Å². The van der Waals surface area contributed by atoms with Crippen molar-refractivity contribution in [1.82, 2.24) is 15.8 Å². The Morgan fingerprint density at radius 1 is 1.29 bits per heavy atom. The Balaban J connectivity index is 1.81. The molecule has 1 aromatic rings. The van der Waals surface area contributed by atoms with Crippen LogP contribution in [0.3, 0.4) is 0 Å². The molecule has 1 fully saturated rings. The Bertz CT molecular complexity index is 424. The molecular formula is C11H14BrN3O2. The second-order valence-corrected chi connectivity index (χ2v) is 5.07. The van der Waals surface area contributed by atoms with E-state index in [0.29, 0.717) is 5.69 Å². The number of carbonyl (C=O) groups is 2. The number of hydrazine groups is 1. The van der Waals surface area contributed by atoms with E-state index >= 15 is 0 Å². The molecule has 2 rings (SSSR count). The maximum atomic E-state index is 11.6. The van der Waals surface area contributed by atoms with Crippen molar-refractivity contribution in [3.05, 3.63) is 22.4 Å². The van der Waals surface area contributed by atoms with Crippen LogP contribution in [-0.2, 0) is 4.79 Å². The van der Waals surface area contributed by atoms with Gasteiger partial charge in [-0.15, -0.1) is 0 Å². The van der Waals surface area contributed by atoms with E-state index in [1.54, 1.807) is 12.3 Å². The van der Waals surface area contributed by atoms with Gasteiger partial charge in [-0.1, -0.05) is 12.8 Å². The summed E-state index contributed by atoms with van der Waals surface area (Å²) in [5.74, 6) is -0.394. The molecule has 6 heteroatoms. The van der Waals surface area contributed by atoms with Crippen LogP contribution in [0, 0.1) is 5.92 Å². The number of aromatic nitrogens is 1. The fourth-order valence-electron chi connectivity index (χ4n) is 1.97. The number of hydrogen-bond donors (Lipinski definition) is 3. The lowest BCUT2D eigenvalue weighted by Gasteiger charge is -2.10. The van der Waals surface area contributed by atoms with Crippen LogP contribution < -0.4 is 10.9 Å². The predicted molar refractivity (Wildman–Crippen MR) is 66.1 cm³/mol. The van der Waals surface area contributed by atoms with Crippen molar-refractivity contribution in [2.24, 2.45) is 5.92 Å². The van der Waals surface area contributed by atoms with Gasteiger partial charge in [0.15, 0.2) is 0 Å². The van der Waals surface area contributed by atoms with Crippen LogP contribution in [0.25, 0.3) is 0 Å². The van der Waals surface area contributed by atoms with Gasteiger partial charge in [-0.05, 0) is 34.8 Å². The molecule has 0 saturated heterocycles. The van der Waals surface area contributed by atoms with Crippen LogP contribution in [0.5, 0.6) is 0 Å². The summed E-state index contributed by atoms with van der Waals surface area (Å²) in [6.45, 7) is 0. The molecule has 1 aliphatic rings. The molecule has 5 nitrogen and oxygen atoms in total. The smallest absolute Gasteiger partial charge is 0.286 e. The first-order chi connectivity index (χ1) is 8.16. The zero-order valence-corrected chi connectivity index (χ0v) is 10.8. The summed E-state index contributed by atoms with van der Waals surface area (Å²) in [6.07, 6.45) is 5.67. The first kappa shape index (κ1) is 12.2. The lowest BCUT2D eigenvalue weighted by molar-refractivity contribution is -0.125. The van der Waals surface area contributed by atoms with Crippen LogP contribution in [-0.4, -0.2) is 16.8 Å². The molecule has 17 heavy (non-hydrogen) atoms. The molecule has 0 atom stereocenters. The van der Waals surface area contributed by atoms with Gasteiger partial charge in [-0.2, -0.15) is 0 Å². The standard InChI is InChI=1S/C11H14BrN3O2/c12-8-5-9(13-6-8)11(17)15-14-10(16)7-3-1-2-4-7/h5-7,13H,1-4H2,(H,14,16)(H,15,17). The molecule has 0 aliphatic heterocycles. The van der Waals surface area contributed by atoms with Crippen molar-refractivity contribution < 1.29 is 9.59 Å². The summed E-state index contributed by atoms with van der Waals surface area (Å²) in [6, 6.07) is 1.65. The maximum absolute atomic E-state index is 11.6. The van der Waals surface area contributed by atoms with Crippen molar-refractivity contribution in [3.63, 3.8) is 0 Å². The van der Waals surface area contributed by atoms with Crippen molar-refractivity contribution in [1.29, 1.82) is 0 Å². The number of aromatic amines is 1. The Kier molecular flexibility index (Phi) is 3.83. The molecule has 0 unspecified atom stereocenters. The minimum atomic E-state index is -0.345. The SMILES string of the molecule is O=C(NNC(=O)C1CCCC1)c1cc(Br)c[nH]1. The zero-order chi connectivity index (χ0) is 12.3. The van der Waals surface area contributed by atoms with E-state index in [-0.39, 0.29) is 17.7 Å². The van der Waals surface area contributed by atoms with Crippen molar-refractivity contribution in [2.45, 2.75) is 25.7 Å².